The van der Waals surface area contributed by atoms with Gasteiger partial charge in [-0.25, -0.2) is 0 Å². The van der Waals surface area contributed by atoms with Crippen molar-refractivity contribution in [3.8, 4) is 5.75 Å². The number of benzene rings is 1. The smallest absolute Gasteiger partial charge is 0.255 e. The largest absolute Gasteiger partial charge is 0.494 e. The van der Waals surface area contributed by atoms with Crippen LogP contribution in [-0.4, -0.2) is 47.9 Å². The van der Waals surface area contributed by atoms with Crippen LogP contribution in [0.1, 0.15) is 62.4 Å². The fourth-order valence-electron chi connectivity index (χ4n) is 3.83. The van der Waals surface area contributed by atoms with Gasteiger partial charge in [-0.1, -0.05) is 32.9 Å². The van der Waals surface area contributed by atoms with Crippen molar-refractivity contribution in [1.82, 2.24) is 15.2 Å². The highest BCUT2D eigenvalue weighted by Crippen LogP contribution is 2.24. The lowest BCUT2D eigenvalue weighted by Gasteiger charge is -2.32. The van der Waals surface area contributed by atoms with E-state index in [9.17, 15) is 9.59 Å². The molecule has 0 atom stereocenters. The summed E-state index contributed by atoms with van der Waals surface area (Å²) in [5, 5.41) is 3.04. The third-order valence-corrected chi connectivity index (χ3v) is 5.94. The summed E-state index contributed by atoms with van der Waals surface area (Å²) in [7, 11) is 0. The summed E-state index contributed by atoms with van der Waals surface area (Å²) < 4.78 is 5.77. The minimum atomic E-state index is 0.0358. The number of amides is 2. The highest BCUT2D eigenvalue weighted by atomic mass is 16.5. The number of aromatic nitrogens is 1. The molecule has 1 aliphatic heterocycles. The lowest BCUT2D eigenvalue weighted by Crippen LogP contribution is -2.41. The Morgan fingerprint density at radius 1 is 1.12 bits per heavy atom. The van der Waals surface area contributed by atoms with Gasteiger partial charge in [0.15, 0.2) is 0 Å². The van der Waals surface area contributed by atoms with E-state index >= 15 is 0 Å². The number of likely N-dealkylation sites (tertiary alicyclic amines) is 1. The van der Waals surface area contributed by atoms with Crippen LogP contribution in [0.2, 0.25) is 0 Å². The van der Waals surface area contributed by atoms with E-state index in [0.717, 1.165) is 31.7 Å². The van der Waals surface area contributed by atoms with Crippen molar-refractivity contribution < 1.29 is 14.3 Å². The predicted octanol–water partition coefficient (Wildman–Crippen LogP) is 4.21. The van der Waals surface area contributed by atoms with Crippen molar-refractivity contribution in [2.45, 2.75) is 51.9 Å². The second-order valence-electron chi connectivity index (χ2n) is 9.51. The van der Waals surface area contributed by atoms with Crippen LogP contribution in [0, 0.1) is 5.92 Å². The summed E-state index contributed by atoms with van der Waals surface area (Å²) >= 11 is 0. The first-order chi connectivity index (χ1) is 15.3. The Balaban J connectivity index is 1.28. The zero-order valence-corrected chi connectivity index (χ0v) is 19.5. The Hall–Kier alpha value is -2.89. The lowest BCUT2D eigenvalue weighted by molar-refractivity contribution is -0.121. The first kappa shape index (κ1) is 23.8. The molecule has 0 spiro atoms. The number of nitrogens with zero attached hydrogens (tertiary/aromatic N) is 2. The molecule has 32 heavy (non-hydrogen) atoms. The molecule has 2 heterocycles. The maximum atomic E-state index is 12.5. The van der Waals surface area contributed by atoms with E-state index in [1.165, 1.54) is 5.56 Å². The SMILES string of the molecule is CC(C)(C)c1ccc(OCCCC(=O)NCC2CCN(C(=O)c3cccnc3)CC2)cc1. The standard InChI is InChI=1S/C26H35N3O3/c1-26(2,3)22-8-10-23(11-9-22)32-17-5-7-24(30)28-18-20-12-15-29(16-13-20)25(31)21-6-4-14-27-19-21/h4,6,8-11,14,19-20H,5,7,12-13,15-18H2,1-3H3,(H,28,30). The van der Waals surface area contributed by atoms with Gasteiger partial charge in [0.05, 0.1) is 12.2 Å². The van der Waals surface area contributed by atoms with Crippen molar-refractivity contribution in [3.05, 3.63) is 59.9 Å². The average Bonchev–Trinajstić information content (AvgIpc) is 2.80. The Labute approximate surface area is 191 Å². The monoisotopic (exact) mass is 437 g/mol. The molecule has 0 aliphatic carbocycles. The minimum Gasteiger partial charge on any atom is -0.494 e. The van der Waals surface area contributed by atoms with E-state index in [1.54, 1.807) is 24.5 Å². The molecule has 1 N–H and O–H groups in total. The fraction of sp³-hybridized carbons (Fsp3) is 0.500. The molecule has 1 aromatic heterocycles. The number of piperidine rings is 1. The van der Waals surface area contributed by atoms with Crippen LogP contribution < -0.4 is 10.1 Å². The van der Waals surface area contributed by atoms with Crippen molar-refractivity contribution in [3.63, 3.8) is 0 Å². The van der Waals surface area contributed by atoms with Crippen LogP contribution in [0.3, 0.4) is 0 Å². The van der Waals surface area contributed by atoms with E-state index in [1.807, 2.05) is 17.0 Å². The van der Waals surface area contributed by atoms with Crippen molar-refractivity contribution >= 4 is 11.8 Å². The summed E-state index contributed by atoms with van der Waals surface area (Å²) in [5.41, 5.74) is 2.03. The molecule has 0 saturated carbocycles. The van der Waals surface area contributed by atoms with Gasteiger partial charge in [0, 0.05) is 38.4 Å². The highest BCUT2D eigenvalue weighted by Gasteiger charge is 2.24. The molecule has 0 bridgehead atoms. The molecule has 0 unspecified atom stereocenters. The summed E-state index contributed by atoms with van der Waals surface area (Å²) in [4.78, 5) is 30.6. The Bertz CT molecular complexity index is 867. The lowest BCUT2D eigenvalue weighted by atomic mass is 9.87. The number of ether oxygens (including phenoxy) is 1. The zero-order valence-electron chi connectivity index (χ0n) is 19.5. The molecule has 172 valence electrons. The molecule has 6 heteroatoms. The summed E-state index contributed by atoms with van der Waals surface area (Å²) in [6.45, 7) is 9.19. The van der Waals surface area contributed by atoms with Gasteiger partial charge < -0.3 is 15.0 Å². The topological polar surface area (TPSA) is 71.5 Å². The molecule has 1 aromatic carbocycles. The van der Waals surface area contributed by atoms with E-state index in [2.05, 4.69) is 43.2 Å². The Kier molecular flexibility index (Phi) is 8.26. The molecular formula is C26H35N3O3. The quantitative estimate of drug-likeness (QED) is 0.628. The molecule has 3 rings (SSSR count). The number of rotatable bonds is 8. The third kappa shape index (κ3) is 7.08. The second-order valence-corrected chi connectivity index (χ2v) is 9.51. The molecule has 6 nitrogen and oxygen atoms in total. The van der Waals surface area contributed by atoms with Crippen molar-refractivity contribution in [2.24, 2.45) is 5.92 Å². The maximum absolute atomic E-state index is 12.5. The van der Waals surface area contributed by atoms with Gasteiger partial charge in [-0.05, 0) is 60.4 Å². The van der Waals surface area contributed by atoms with Gasteiger partial charge in [0.25, 0.3) is 5.91 Å². The highest BCUT2D eigenvalue weighted by molar-refractivity contribution is 5.93. The molecule has 1 aliphatic rings. The normalized spacial score (nSPS) is 14.8. The van der Waals surface area contributed by atoms with Gasteiger partial charge in [-0.2, -0.15) is 0 Å². The Morgan fingerprint density at radius 3 is 2.47 bits per heavy atom. The van der Waals surface area contributed by atoms with Gasteiger partial charge >= 0.3 is 0 Å². The molecule has 1 saturated heterocycles. The maximum Gasteiger partial charge on any atom is 0.255 e. The number of carbonyl (C=O) groups excluding carboxylic acids is 2. The van der Waals surface area contributed by atoms with Gasteiger partial charge in [0.2, 0.25) is 5.91 Å². The van der Waals surface area contributed by atoms with Gasteiger partial charge in [0.1, 0.15) is 5.75 Å². The first-order valence-corrected chi connectivity index (χ1v) is 11.5. The van der Waals surface area contributed by atoms with E-state index in [-0.39, 0.29) is 17.2 Å². The summed E-state index contributed by atoms with van der Waals surface area (Å²) in [6, 6.07) is 11.8. The van der Waals surface area contributed by atoms with E-state index in [4.69, 9.17) is 4.74 Å². The second kappa shape index (κ2) is 11.1. The zero-order chi connectivity index (χ0) is 23.0. The van der Waals surface area contributed by atoms with Crippen LogP contribution in [0.15, 0.2) is 48.8 Å². The molecule has 0 radical (unpaired) electrons. The van der Waals surface area contributed by atoms with Crippen LogP contribution in [0.25, 0.3) is 0 Å². The average molecular weight is 438 g/mol. The van der Waals surface area contributed by atoms with Crippen LogP contribution in [0.4, 0.5) is 0 Å². The molecule has 2 amide bonds. The van der Waals surface area contributed by atoms with Crippen LogP contribution in [0.5, 0.6) is 5.75 Å². The van der Waals surface area contributed by atoms with Crippen molar-refractivity contribution in [1.29, 1.82) is 0 Å². The number of carbonyl (C=O) groups is 2. The number of pyridine rings is 1. The summed E-state index contributed by atoms with van der Waals surface area (Å²) in [6.07, 6.45) is 6.23. The fourth-order valence-corrected chi connectivity index (χ4v) is 3.83. The van der Waals surface area contributed by atoms with E-state index < -0.39 is 0 Å². The predicted molar refractivity (Wildman–Crippen MR) is 126 cm³/mol. The van der Waals surface area contributed by atoms with Crippen LogP contribution in [-0.2, 0) is 10.2 Å². The molecular weight excluding hydrogens is 402 g/mol. The third-order valence-electron chi connectivity index (χ3n) is 5.94. The van der Waals surface area contributed by atoms with Crippen LogP contribution >= 0.6 is 0 Å². The minimum absolute atomic E-state index is 0.0358. The van der Waals surface area contributed by atoms with E-state index in [0.29, 0.717) is 37.5 Å². The molecule has 1 fully saturated rings. The van der Waals surface area contributed by atoms with Gasteiger partial charge in [-0.15, -0.1) is 0 Å². The number of hydrogen-bond donors (Lipinski definition) is 1. The number of hydrogen-bond acceptors (Lipinski definition) is 4. The van der Waals surface area contributed by atoms with Crippen molar-refractivity contribution in [2.75, 3.05) is 26.2 Å². The Morgan fingerprint density at radius 2 is 1.84 bits per heavy atom. The van der Waals surface area contributed by atoms with Gasteiger partial charge in [-0.3, -0.25) is 14.6 Å². The number of nitrogens with one attached hydrogen (secondary N) is 1. The summed E-state index contributed by atoms with van der Waals surface area (Å²) in [5.74, 6) is 1.35. The first-order valence-electron chi connectivity index (χ1n) is 11.5. The molecule has 2 aromatic rings.